The zero-order chi connectivity index (χ0) is 17.7. The number of rotatable bonds is 5. The Labute approximate surface area is 149 Å². The van der Waals surface area contributed by atoms with Gasteiger partial charge in [0, 0.05) is 12.4 Å². The molecule has 8 heteroatoms. The van der Waals surface area contributed by atoms with Crippen molar-refractivity contribution in [2.45, 2.75) is 37.7 Å². The largest absolute Gasteiger partial charge is 0.384 e. The van der Waals surface area contributed by atoms with Crippen LogP contribution in [0.25, 0.3) is 0 Å². The van der Waals surface area contributed by atoms with Gasteiger partial charge in [-0.15, -0.1) is 0 Å². The van der Waals surface area contributed by atoms with Gasteiger partial charge >= 0.3 is 0 Å². The van der Waals surface area contributed by atoms with Gasteiger partial charge in [0.1, 0.15) is 11.3 Å². The SMILES string of the molecule is O=C(CNC(=O)c1ccccn1)Nc1ncc(C2(O)CCCCC2)s1. The zero-order valence-electron chi connectivity index (χ0n) is 13.7. The minimum atomic E-state index is -0.827. The van der Waals surface area contributed by atoms with Crippen molar-refractivity contribution in [1.82, 2.24) is 15.3 Å². The molecule has 132 valence electrons. The number of pyridine rings is 1. The molecule has 0 atom stereocenters. The summed E-state index contributed by atoms with van der Waals surface area (Å²) < 4.78 is 0. The number of amides is 2. The van der Waals surface area contributed by atoms with Crippen LogP contribution in [0.1, 0.15) is 47.5 Å². The van der Waals surface area contributed by atoms with Gasteiger partial charge in [-0.3, -0.25) is 14.6 Å². The third-order valence-electron chi connectivity index (χ3n) is 4.20. The van der Waals surface area contributed by atoms with E-state index in [-0.39, 0.29) is 18.1 Å². The molecule has 1 saturated carbocycles. The fraction of sp³-hybridized carbons (Fsp3) is 0.412. The minimum absolute atomic E-state index is 0.172. The van der Waals surface area contributed by atoms with Gasteiger partial charge in [0.25, 0.3) is 5.91 Å². The predicted octanol–water partition coefficient (Wildman–Crippen LogP) is 2.06. The standard InChI is InChI=1S/C17H20N4O3S/c22-14(11-19-15(23)12-6-2-5-9-18-12)21-16-20-10-13(25-16)17(24)7-3-1-4-8-17/h2,5-6,9-10,24H,1,3-4,7-8,11H2,(H,19,23)(H,20,21,22). The lowest BCUT2D eigenvalue weighted by molar-refractivity contribution is -0.115. The Bertz CT molecular complexity index is 741. The van der Waals surface area contributed by atoms with E-state index in [9.17, 15) is 14.7 Å². The molecule has 25 heavy (non-hydrogen) atoms. The lowest BCUT2D eigenvalue weighted by atomic mass is 9.84. The lowest BCUT2D eigenvalue weighted by Crippen LogP contribution is -2.33. The van der Waals surface area contributed by atoms with Gasteiger partial charge in [-0.1, -0.05) is 36.7 Å². The number of nitrogens with zero attached hydrogens (tertiary/aromatic N) is 2. The molecule has 0 unspecified atom stereocenters. The number of aromatic nitrogens is 2. The molecular formula is C17H20N4O3S. The Kier molecular flexibility index (Phi) is 5.40. The third kappa shape index (κ3) is 4.40. The summed E-state index contributed by atoms with van der Waals surface area (Å²) in [5, 5.41) is 16.3. The summed E-state index contributed by atoms with van der Waals surface area (Å²) in [6.07, 6.45) is 7.72. The molecule has 2 aromatic heterocycles. The van der Waals surface area contributed by atoms with Crippen LogP contribution in [-0.2, 0) is 10.4 Å². The highest BCUT2D eigenvalue weighted by atomic mass is 32.1. The molecule has 0 aromatic carbocycles. The van der Waals surface area contributed by atoms with Gasteiger partial charge in [0.05, 0.1) is 11.4 Å². The number of hydrogen-bond acceptors (Lipinski definition) is 6. The summed E-state index contributed by atoms with van der Waals surface area (Å²) in [7, 11) is 0. The van der Waals surface area contributed by atoms with Crippen molar-refractivity contribution >= 4 is 28.3 Å². The van der Waals surface area contributed by atoms with Gasteiger partial charge in [-0.2, -0.15) is 0 Å². The molecule has 7 nitrogen and oxygen atoms in total. The van der Waals surface area contributed by atoms with Crippen LogP contribution < -0.4 is 10.6 Å². The van der Waals surface area contributed by atoms with Gasteiger partial charge in [0.15, 0.2) is 5.13 Å². The maximum atomic E-state index is 12.0. The highest BCUT2D eigenvalue weighted by Crippen LogP contribution is 2.40. The fourth-order valence-electron chi connectivity index (χ4n) is 2.84. The molecule has 0 spiro atoms. The quantitative estimate of drug-likeness (QED) is 0.757. The maximum absolute atomic E-state index is 12.0. The van der Waals surface area contributed by atoms with Crippen LogP contribution >= 0.6 is 11.3 Å². The fourth-order valence-corrected chi connectivity index (χ4v) is 3.82. The summed E-state index contributed by atoms with van der Waals surface area (Å²) in [6.45, 7) is -0.172. The predicted molar refractivity (Wildman–Crippen MR) is 94.3 cm³/mol. The summed E-state index contributed by atoms with van der Waals surface area (Å²) in [5.74, 6) is -0.784. The van der Waals surface area contributed by atoms with Crippen molar-refractivity contribution in [2.24, 2.45) is 0 Å². The van der Waals surface area contributed by atoms with E-state index in [1.165, 1.54) is 17.5 Å². The van der Waals surface area contributed by atoms with Crippen molar-refractivity contribution in [1.29, 1.82) is 0 Å². The van der Waals surface area contributed by atoms with Crippen molar-refractivity contribution in [2.75, 3.05) is 11.9 Å². The van der Waals surface area contributed by atoms with Crippen molar-refractivity contribution in [3.05, 3.63) is 41.2 Å². The molecule has 2 amide bonds. The number of nitrogens with one attached hydrogen (secondary N) is 2. The molecule has 1 aliphatic rings. The number of thiazole rings is 1. The van der Waals surface area contributed by atoms with E-state index in [4.69, 9.17) is 0 Å². The second-order valence-electron chi connectivity index (χ2n) is 6.07. The summed E-state index contributed by atoms with van der Waals surface area (Å²) >= 11 is 1.28. The normalized spacial score (nSPS) is 16.2. The second-order valence-corrected chi connectivity index (χ2v) is 7.10. The molecule has 1 aliphatic carbocycles. The van der Waals surface area contributed by atoms with Crippen LogP contribution in [0.3, 0.4) is 0 Å². The first-order valence-corrected chi connectivity index (χ1v) is 9.06. The average molecular weight is 360 g/mol. The van der Waals surface area contributed by atoms with Gasteiger partial charge in [-0.05, 0) is 25.0 Å². The van der Waals surface area contributed by atoms with E-state index in [0.717, 1.165) is 37.0 Å². The molecule has 0 aliphatic heterocycles. The second kappa shape index (κ2) is 7.71. The number of carbonyl (C=O) groups excluding carboxylic acids is 2. The number of aliphatic hydroxyl groups is 1. The topological polar surface area (TPSA) is 104 Å². The zero-order valence-corrected chi connectivity index (χ0v) is 14.5. The molecule has 0 radical (unpaired) electrons. The average Bonchev–Trinajstić information content (AvgIpc) is 3.10. The Morgan fingerprint density at radius 2 is 2.00 bits per heavy atom. The van der Waals surface area contributed by atoms with E-state index in [1.807, 2.05) is 0 Å². The van der Waals surface area contributed by atoms with Crippen LogP contribution in [-0.4, -0.2) is 33.4 Å². The first-order chi connectivity index (χ1) is 12.1. The van der Waals surface area contributed by atoms with Crippen molar-refractivity contribution < 1.29 is 14.7 Å². The van der Waals surface area contributed by atoms with Crippen LogP contribution in [0, 0.1) is 0 Å². The maximum Gasteiger partial charge on any atom is 0.270 e. The van der Waals surface area contributed by atoms with Crippen LogP contribution in [0.2, 0.25) is 0 Å². The van der Waals surface area contributed by atoms with E-state index >= 15 is 0 Å². The molecular weight excluding hydrogens is 340 g/mol. The van der Waals surface area contributed by atoms with Crippen LogP contribution in [0.5, 0.6) is 0 Å². The van der Waals surface area contributed by atoms with Crippen molar-refractivity contribution in [3.63, 3.8) is 0 Å². The molecule has 2 aromatic rings. The molecule has 3 N–H and O–H groups in total. The Balaban J connectivity index is 1.52. The van der Waals surface area contributed by atoms with Crippen LogP contribution in [0.4, 0.5) is 5.13 Å². The lowest BCUT2D eigenvalue weighted by Gasteiger charge is -2.30. The minimum Gasteiger partial charge on any atom is -0.384 e. The first-order valence-electron chi connectivity index (χ1n) is 8.25. The first kappa shape index (κ1) is 17.5. The number of anilines is 1. The Morgan fingerprint density at radius 3 is 2.72 bits per heavy atom. The van der Waals surface area contributed by atoms with E-state index in [1.54, 1.807) is 24.4 Å². The van der Waals surface area contributed by atoms with Crippen LogP contribution in [0.15, 0.2) is 30.6 Å². The van der Waals surface area contributed by atoms with Gasteiger partial charge in [-0.25, -0.2) is 4.98 Å². The highest BCUT2D eigenvalue weighted by Gasteiger charge is 2.33. The smallest absolute Gasteiger partial charge is 0.270 e. The summed E-state index contributed by atoms with van der Waals surface area (Å²) in [5.41, 5.74) is -0.571. The van der Waals surface area contributed by atoms with Crippen molar-refractivity contribution in [3.8, 4) is 0 Å². The summed E-state index contributed by atoms with van der Waals surface area (Å²) in [6, 6.07) is 4.99. The molecule has 0 saturated heterocycles. The van der Waals surface area contributed by atoms with E-state index in [2.05, 4.69) is 20.6 Å². The molecule has 3 rings (SSSR count). The van der Waals surface area contributed by atoms with Gasteiger partial charge < -0.3 is 15.7 Å². The van der Waals surface area contributed by atoms with E-state index in [0.29, 0.717) is 5.13 Å². The molecule has 0 bridgehead atoms. The number of hydrogen-bond donors (Lipinski definition) is 3. The highest BCUT2D eigenvalue weighted by molar-refractivity contribution is 7.15. The molecule has 1 fully saturated rings. The Hall–Kier alpha value is -2.32. The molecule has 2 heterocycles. The van der Waals surface area contributed by atoms with E-state index < -0.39 is 11.5 Å². The monoisotopic (exact) mass is 360 g/mol. The summed E-state index contributed by atoms with van der Waals surface area (Å²) in [4.78, 5) is 32.7. The number of carbonyl (C=O) groups is 2. The van der Waals surface area contributed by atoms with Gasteiger partial charge in [0.2, 0.25) is 5.91 Å². The third-order valence-corrected chi connectivity index (χ3v) is 5.30. The Morgan fingerprint density at radius 1 is 1.20 bits per heavy atom.